The molecule has 3 N–H and O–H groups in total. The first kappa shape index (κ1) is 15.3. The van der Waals surface area contributed by atoms with E-state index < -0.39 is 23.7 Å². The first-order chi connectivity index (χ1) is 9.69. The molecule has 1 aromatic carbocycles. The summed E-state index contributed by atoms with van der Waals surface area (Å²) in [5.74, 6) is -0.694. The fraction of sp³-hybridized carbons (Fsp3) is 0.467. The number of amides is 1. The van der Waals surface area contributed by atoms with Gasteiger partial charge in [0.05, 0.1) is 0 Å². The van der Waals surface area contributed by atoms with Crippen molar-refractivity contribution in [3.63, 3.8) is 0 Å². The molecule has 0 aromatic heterocycles. The quantitative estimate of drug-likeness (QED) is 0.639. The predicted molar refractivity (Wildman–Crippen MR) is 76.4 cm³/mol. The highest BCUT2D eigenvalue weighted by Crippen LogP contribution is 2.30. The van der Waals surface area contributed by atoms with Crippen LogP contribution >= 0.6 is 0 Å². The lowest BCUT2D eigenvalue weighted by Gasteiger charge is -2.41. The van der Waals surface area contributed by atoms with Crippen LogP contribution in [0.15, 0.2) is 24.3 Å². The molecule has 1 amide bonds. The molecule has 0 radical (unpaired) electrons. The van der Waals surface area contributed by atoms with E-state index in [4.69, 9.17) is 10.5 Å². The Morgan fingerprint density at radius 3 is 2.38 bits per heavy atom. The van der Waals surface area contributed by atoms with E-state index in [1.807, 2.05) is 0 Å². The van der Waals surface area contributed by atoms with Gasteiger partial charge >= 0.3 is 5.97 Å². The minimum absolute atomic E-state index is 0.0910. The Balaban J connectivity index is 2.29. The van der Waals surface area contributed by atoms with Crippen molar-refractivity contribution >= 4 is 11.9 Å². The molecule has 1 saturated heterocycles. The predicted octanol–water partition coefficient (Wildman–Crippen LogP) is 0.944. The minimum atomic E-state index is -0.836. The summed E-state index contributed by atoms with van der Waals surface area (Å²) in [6.45, 7) is 5.61. The van der Waals surface area contributed by atoms with Crippen LogP contribution in [0.2, 0.25) is 0 Å². The highest BCUT2D eigenvalue weighted by atomic mass is 16.6. The van der Waals surface area contributed by atoms with Crippen molar-refractivity contribution in [2.24, 2.45) is 5.73 Å². The normalized spacial score (nSPS) is 19.9. The van der Waals surface area contributed by atoms with Gasteiger partial charge in [0.25, 0.3) is 0 Å². The lowest BCUT2D eigenvalue weighted by atomic mass is 9.98. The number of carbonyl (C=O) groups excluding carboxylic acids is 2. The molecule has 0 spiro atoms. The molecule has 6 heteroatoms. The van der Waals surface area contributed by atoms with Crippen LogP contribution < -0.4 is 5.73 Å². The SMILES string of the molecule is CC(C)(C)OC(=O)[C@H](c1ccc(O)cc1)N1C[C@H](N)C1=O. The van der Waals surface area contributed by atoms with Gasteiger partial charge in [-0.05, 0) is 38.5 Å². The Morgan fingerprint density at radius 1 is 1.38 bits per heavy atom. The third kappa shape index (κ3) is 3.33. The first-order valence-corrected chi connectivity index (χ1v) is 6.77. The zero-order valence-electron chi connectivity index (χ0n) is 12.4. The second-order valence-corrected chi connectivity index (χ2v) is 6.12. The topological polar surface area (TPSA) is 92.9 Å². The molecule has 0 unspecified atom stereocenters. The van der Waals surface area contributed by atoms with Crippen LogP contribution in [-0.4, -0.2) is 40.1 Å². The molecule has 1 aromatic rings. The van der Waals surface area contributed by atoms with Crippen LogP contribution in [0.1, 0.15) is 32.4 Å². The summed E-state index contributed by atoms with van der Waals surface area (Å²) in [6, 6.07) is 4.74. The van der Waals surface area contributed by atoms with Gasteiger partial charge in [0, 0.05) is 6.54 Å². The summed E-state index contributed by atoms with van der Waals surface area (Å²) in [5, 5.41) is 9.35. The van der Waals surface area contributed by atoms with Crippen molar-refractivity contribution in [3.05, 3.63) is 29.8 Å². The van der Waals surface area contributed by atoms with E-state index in [-0.39, 0.29) is 11.7 Å². The number of nitrogens with two attached hydrogens (primary N) is 1. The number of hydrogen-bond acceptors (Lipinski definition) is 5. The molecule has 1 heterocycles. The van der Waals surface area contributed by atoms with Gasteiger partial charge < -0.3 is 20.5 Å². The number of rotatable bonds is 3. The molecule has 1 fully saturated rings. The van der Waals surface area contributed by atoms with E-state index in [1.165, 1.54) is 17.0 Å². The Morgan fingerprint density at radius 2 is 1.95 bits per heavy atom. The molecule has 0 bridgehead atoms. The van der Waals surface area contributed by atoms with Crippen molar-refractivity contribution in [1.82, 2.24) is 4.90 Å². The highest BCUT2D eigenvalue weighted by Gasteiger charge is 2.43. The maximum atomic E-state index is 12.4. The van der Waals surface area contributed by atoms with Gasteiger partial charge in [-0.3, -0.25) is 4.79 Å². The fourth-order valence-electron chi connectivity index (χ4n) is 2.17. The number of β-lactam (4-membered cyclic amide) rings is 1. The summed E-state index contributed by atoms with van der Waals surface area (Å²) in [4.78, 5) is 25.7. The number of hydrogen-bond donors (Lipinski definition) is 2. The lowest BCUT2D eigenvalue weighted by Crippen LogP contribution is -2.63. The molecule has 2 rings (SSSR count). The number of aromatic hydroxyl groups is 1. The van der Waals surface area contributed by atoms with Crippen LogP contribution in [0.5, 0.6) is 5.75 Å². The van der Waals surface area contributed by atoms with Crippen LogP contribution in [0, 0.1) is 0 Å². The minimum Gasteiger partial charge on any atom is -0.508 e. The number of ether oxygens (including phenoxy) is 1. The van der Waals surface area contributed by atoms with Gasteiger partial charge in [-0.1, -0.05) is 12.1 Å². The maximum absolute atomic E-state index is 12.4. The third-order valence-electron chi connectivity index (χ3n) is 3.14. The second-order valence-electron chi connectivity index (χ2n) is 6.12. The molecule has 2 atom stereocenters. The molecule has 21 heavy (non-hydrogen) atoms. The van der Waals surface area contributed by atoms with Crippen molar-refractivity contribution < 1.29 is 19.4 Å². The van der Waals surface area contributed by atoms with Crippen LogP contribution in [0.3, 0.4) is 0 Å². The van der Waals surface area contributed by atoms with E-state index in [0.717, 1.165) is 0 Å². The highest BCUT2D eigenvalue weighted by molar-refractivity contribution is 5.93. The third-order valence-corrected chi connectivity index (χ3v) is 3.14. The Labute approximate surface area is 123 Å². The van der Waals surface area contributed by atoms with Crippen LogP contribution in [-0.2, 0) is 14.3 Å². The van der Waals surface area contributed by atoms with Crippen molar-refractivity contribution in [2.75, 3.05) is 6.54 Å². The number of benzene rings is 1. The average Bonchev–Trinajstić information content (AvgIpc) is 2.38. The number of carbonyl (C=O) groups is 2. The molecule has 1 aliphatic heterocycles. The second kappa shape index (κ2) is 5.37. The first-order valence-electron chi connectivity index (χ1n) is 6.77. The molecule has 1 aliphatic rings. The Bertz CT molecular complexity index is 548. The Kier molecular flexibility index (Phi) is 3.91. The van der Waals surface area contributed by atoms with Gasteiger partial charge in [-0.2, -0.15) is 0 Å². The number of phenols is 1. The van der Waals surface area contributed by atoms with Crippen LogP contribution in [0.25, 0.3) is 0 Å². The van der Waals surface area contributed by atoms with Crippen molar-refractivity contribution in [1.29, 1.82) is 0 Å². The smallest absolute Gasteiger partial charge is 0.334 e. The van der Waals surface area contributed by atoms with Gasteiger partial charge in [0.15, 0.2) is 6.04 Å². The standard InChI is InChI=1S/C15H20N2O4/c1-15(2,3)21-14(20)12(17-8-11(16)13(17)19)9-4-6-10(18)7-5-9/h4-7,11-12,18H,8,16H2,1-3H3/t11-,12-/m0/s1. The zero-order valence-corrected chi connectivity index (χ0v) is 12.4. The summed E-state index contributed by atoms with van der Waals surface area (Å²) in [7, 11) is 0. The molecule has 0 aliphatic carbocycles. The summed E-state index contributed by atoms with van der Waals surface area (Å²) >= 11 is 0. The van der Waals surface area contributed by atoms with E-state index in [1.54, 1.807) is 32.9 Å². The Hall–Kier alpha value is -2.08. The fourth-order valence-corrected chi connectivity index (χ4v) is 2.17. The molecule has 0 saturated carbocycles. The van der Waals surface area contributed by atoms with Gasteiger partial charge in [-0.25, -0.2) is 4.79 Å². The summed E-state index contributed by atoms with van der Waals surface area (Å²) < 4.78 is 5.39. The largest absolute Gasteiger partial charge is 0.508 e. The maximum Gasteiger partial charge on any atom is 0.334 e. The zero-order chi connectivity index (χ0) is 15.8. The van der Waals surface area contributed by atoms with E-state index in [9.17, 15) is 14.7 Å². The van der Waals surface area contributed by atoms with E-state index in [0.29, 0.717) is 12.1 Å². The monoisotopic (exact) mass is 292 g/mol. The van der Waals surface area contributed by atoms with Gasteiger partial charge in [0.2, 0.25) is 5.91 Å². The average molecular weight is 292 g/mol. The van der Waals surface area contributed by atoms with Crippen LogP contribution in [0.4, 0.5) is 0 Å². The lowest BCUT2D eigenvalue weighted by molar-refractivity contribution is -0.170. The van der Waals surface area contributed by atoms with E-state index in [2.05, 4.69) is 0 Å². The summed E-state index contributed by atoms with van der Waals surface area (Å²) in [6.07, 6.45) is 0. The molecule has 114 valence electrons. The molecule has 6 nitrogen and oxygen atoms in total. The van der Waals surface area contributed by atoms with E-state index >= 15 is 0 Å². The van der Waals surface area contributed by atoms with Crippen molar-refractivity contribution in [2.45, 2.75) is 38.5 Å². The molecular weight excluding hydrogens is 272 g/mol. The number of nitrogens with zero attached hydrogens (tertiary/aromatic N) is 1. The number of esters is 1. The van der Waals surface area contributed by atoms with Gasteiger partial charge in [-0.15, -0.1) is 0 Å². The molecular formula is C15H20N2O4. The van der Waals surface area contributed by atoms with Crippen molar-refractivity contribution in [3.8, 4) is 5.75 Å². The summed E-state index contributed by atoms with van der Waals surface area (Å²) in [5.41, 5.74) is 5.53. The number of likely N-dealkylation sites (tertiary alicyclic amines) is 1. The number of phenolic OH excluding ortho intramolecular Hbond substituents is 1. The van der Waals surface area contributed by atoms with Gasteiger partial charge in [0.1, 0.15) is 17.4 Å².